The van der Waals surface area contributed by atoms with E-state index in [1.165, 1.54) is 25.7 Å². The maximum atomic E-state index is 11.8. The predicted octanol–water partition coefficient (Wildman–Crippen LogP) is 7.14. The zero-order valence-electron chi connectivity index (χ0n) is 21.6. The maximum absolute atomic E-state index is 11.8. The number of allylic oxidation sites excluding steroid dienone is 2. The Labute approximate surface area is 196 Å². The summed E-state index contributed by atoms with van der Waals surface area (Å²) < 4.78 is 5.83. The molecule has 4 aliphatic carbocycles. The van der Waals surface area contributed by atoms with Gasteiger partial charge in [0.05, 0.1) is 0 Å². The fourth-order valence-electron chi connectivity index (χ4n) is 9.58. The minimum absolute atomic E-state index is 0.00388. The Morgan fingerprint density at radius 3 is 2.50 bits per heavy atom. The van der Waals surface area contributed by atoms with Gasteiger partial charge in [-0.3, -0.25) is 4.79 Å². The summed E-state index contributed by atoms with van der Waals surface area (Å²) in [5.41, 5.74) is 2.67. The Bertz CT molecular complexity index is 796. The lowest BCUT2D eigenvalue weighted by Crippen LogP contribution is -2.58. The van der Waals surface area contributed by atoms with Crippen LogP contribution in [0.4, 0.5) is 0 Å². The van der Waals surface area contributed by atoms with Gasteiger partial charge in [-0.15, -0.1) is 0 Å². The van der Waals surface area contributed by atoms with Gasteiger partial charge in [0.1, 0.15) is 12.4 Å². The summed E-state index contributed by atoms with van der Waals surface area (Å²) in [4.78, 5) is 22.8. The van der Waals surface area contributed by atoms with Crippen molar-refractivity contribution in [2.45, 2.75) is 112 Å². The highest BCUT2D eigenvalue weighted by atomic mass is 16.5. The first-order chi connectivity index (χ1) is 14.9. The molecule has 180 valence electrons. The van der Waals surface area contributed by atoms with Gasteiger partial charge in [0.25, 0.3) is 0 Å². The molecule has 3 nitrogen and oxygen atoms in total. The van der Waals surface area contributed by atoms with E-state index < -0.39 is 0 Å². The van der Waals surface area contributed by atoms with E-state index in [0.29, 0.717) is 29.6 Å². The molecule has 0 bridgehead atoms. The van der Waals surface area contributed by atoms with Crippen molar-refractivity contribution in [1.29, 1.82) is 0 Å². The molecule has 0 aromatic rings. The molecule has 0 N–H and O–H groups in total. The van der Waals surface area contributed by atoms with Crippen molar-refractivity contribution in [2.24, 2.45) is 45.3 Å². The van der Waals surface area contributed by atoms with Crippen LogP contribution in [0.1, 0.15) is 106 Å². The zero-order chi connectivity index (χ0) is 23.5. The predicted molar refractivity (Wildman–Crippen MR) is 129 cm³/mol. The second-order valence-corrected chi connectivity index (χ2v) is 13.1. The first kappa shape index (κ1) is 24.0. The van der Waals surface area contributed by atoms with Crippen LogP contribution in [0.5, 0.6) is 0 Å². The van der Waals surface area contributed by atoms with Crippen molar-refractivity contribution in [3.63, 3.8) is 0 Å². The van der Waals surface area contributed by atoms with Crippen LogP contribution < -0.4 is 0 Å². The molecule has 3 fully saturated rings. The number of fused-ring (bicyclic) bond motifs is 5. The molecule has 0 radical (unpaired) electrons. The molecule has 0 heterocycles. The lowest BCUT2D eigenvalue weighted by Gasteiger charge is -2.64. The number of rotatable bonds is 5. The van der Waals surface area contributed by atoms with Crippen LogP contribution in [0.15, 0.2) is 11.6 Å². The molecular weight excluding hydrogens is 396 g/mol. The molecule has 0 saturated heterocycles. The number of aldehydes is 1. The normalized spacial score (nSPS) is 45.7. The number of ether oxygens (including phenoxy) is 1. The second-order valence-electron chi connectivity index (χ2n) is 13.1. The average Bonchev–Trinajstić information content (AvgIpc) is 3.00. The van der Waals surface area contributed by atoms with Crippen molar-refractivity contribution in [3.8, 4) is 0 Å². The minimum atomic E-state index is -0.139. The van der Waals surface area contributed by atoms with E-state index in [2.05, 4.69) is 47.6 Å². The van der Waals surface area contributed by atoms with Crippen molar-refractivity contribution in [3.05, 3.63) is 11.6 Å². The van der Waals surface area contributed by atoms with Gasteiger partial charge in [-0.25, -0.2) is 0 Å². The summed E-state index contributed by atoms with van der Waals surface area (Å²) in [6.45, 7) is 16.4. The molecule has 1 unspecified atom stereocenters. The lowest BCUT2D eigenvalue weighted by atomic mass is 9.41. The minimum Gasteiger partial charge on any atom is -0.462 e. The van der Waals surface area contributed by atoms with E-state index in [0.717, 1.165) is 37.9 Å². The van der Waals surface area contributed by atoms with Crippen molar-refractivity contribution >= 4 is 12.3 Å². The highest BCUT2D eigenvalue weighted by Gasteiger charge is 2.65. The Morgan fingerprint density at radius 2 is 1.84 bits per heavy atom. The summed E-state index contributed by atoms with van der Waals surface area (Å²) in [6.07, 6.45) is 14.0. The van der Waals surface area contributed by atoms with Gasteiger partial charge < -0.3 is 9.53 Å². The van der Waals surface area contributed by atoms with Gasteiger partial charge in [-0.2, -0.15) is 0 Å². The first-order valence-electron chi connectivity index (χ1n) is 13.2. The quantitative estimate of drug-likeness (QED) is 0.258. The van der Waals surface area contributed by atoms with E-state index in [1.54, 1.807) is 12.5 Å². The highest BCUT2D eigenvalue weighted by molar-refractivity contribution is 5.66. The van der Waals surface area contributed by atoms with Crippen LogP contribution in [0.2, 0.25) is 0 Å². The standard InChI is InChI=1S/C29H46O3/c1-19(9-8-18-30)21-12-16-29(7)23-10-11-24-26(3,4)25(32-20(2)31)14-15-27(24,5)22(23)13-17-28(21,29)6/h10,18-19,21-22,24-25H,8-9,11-17H2,1-7H3/t19?,21-,22-,24-,25-,27+,28-,29+/m0/s1. The Morgan fingerprint density at radius 1 is 1.12 bits per heavy atom. The molecule has 8 atom stereocenters. The van der Waals surface area contributed by atoms with Crippen LogP contribution in [0.3, 0.4) is 0 Å². The van der Waals surface area contributed by atoms with E-state index in [4.69, 9.17) is 4.74 Å². The fraction of sp³-hybridized carbons (Fsp3) is 0.862. The molecule has 0 aliphatic heterocycles. The van der Waals surface area contributed by atoms with Gasteiger partial charge in [0.2, 0.25) is 0 Å². The fourth-order valence-corrected chi connectivity index (χ4v) is 9.58. The van der Waals surface area contributed by atoms with Crippen molar-refractivity contribution < 1.29 is 14.3 Å². The van der Waals surface area contributed by atoms with E-state index >= 15 is 0 Å². The third kappa shape index (κ3) is 3.27. The van der Waals surface area contributed by atoms with Gasteiger partial charge in [-0.1, -0.05) is 53.2 Å². The Kier molecular flexibility index (Phi) is 5.99. The van der Waals surface area contributed by atoms with Crippen LogP contribution in [-0.4, -0.2) is 18.4 Å². The summed E-state index contributed by atoms with van der Waals surface area (Å²) in [6, 6.07) is 0. The molecule has 0 spiro atoms. The SMILES string of the molecule is CC(=O)O[C@H]1CC[C@]2(C)[C@H]3CC[C@@]4(C)[C@H](C(C)CCC=O)CC[C@]4(C)C3=CC[C@H]2C1(C)C. The molecule has 4 rings (SSSR count). The van der Waals surface area contributed by atoms with Gasteiger partial charge >= 0.3 is 5.97 Å². The Hall–Kier alpha value is -1.12. The van der Waals surface area contributed by atoms with Gasteiger partial charge in [0.15, 0.2) is 0 Å². The third-order valence-corrected chi connectivity index (χ3v) is 11.6. The second kappa shape index (κ2) is 7.98. The average molecular weight is 443 g/mol. The van der Waals surface area contributed by atoms with E-state index in [-0.39, 0.29) is 28.3 Å². The summed E-state index contributed by atoms with van der Waals surface area (Å²) in [5.74, 6) is 2.41. The molecule has 0 aromatic carbocycles. The van der Waals surface area contributed by atoms with Crippen LogP contribution >= 0.6 is 0 Å². The molecule has 32 heavy (non-hydrogen) atoms. The summed E-state index contributed by atoms with van der Waals surface area (Å²) >= 11 is 0. The molecule has 3 saturated carbocycles. The number of hydrogen-bond acceptors (Lipinski definition) is 3. The number of carbonyl (C=O) groups is 2. The van der Waals surface area contributed by atoms with Crippen LogP contribution in [0, 0.1) is 45.3 Å². The summed E-state index contributed by atoms with van der Waals surface area (Å²) in [7, 11) is 0. The third-order valence-electron chi connectivity index (χ3n) is 11.6. The van der Waals surface area contributed by atoms with Crippen molar-refractivity contribution in [1.82, 2.24) is 0 Å². The van der Waals surface area contributed by atoms with E-state index in [9.17, 15) is 9.59 Å². The van der Waals surface area contributed by atoms with E-state index in [1.807, 2.05) is 0 Å². The molecule has 0 amide bonds. The number of hydrogen-bond donors (Lipinski definition) is 0. The smallest absolute Gasteiger partial charge is 0.302 e. The van der Waals surface area contributed by atoms with Gasteiger partial charge in [0, 0.05) is 18.8 Å². The van der Waals surface area contributed by atoms with Crippen molar-refractivity contribution in [2.75, 3.05) is 0 Å². The zero-order valence-corrected chi connectivity index (χ0v) is 21.6. The Balaban J connectivity index is 1.65. The number of esters is 1. The summed E-state index contributed by atoms with van der Waals surface area (Å²) in [5, 5.41) is 0. The molecule has 3 heteroatoms. The molecular formula is C29H46O3. The first-order valence-corrected chi connectivity index (χ1v) is 13.2. The van der Waals surface area contributed by atoms with Crippen LogP contribution in [0.25, 0.3) is 0 Å². The van der Waals surface area contributed by atoms with Gasteiger partial charge in [-0.05, 0) is 91.3 Å². The topological polar surface area (TPSA) is 43.4 Å². The largest absolute Gasteiger partial charge is 0.462 e. The maximum Gasteiger partial charge on any atom is 0.302 e. The van der Waals surface area contributed by atoms with Crippen LogP contribution in [-0.2, 0) is 14.3 Å². The monoisotopic (exact) mass is 442 g/mol. The molecule has 0 aromatic heterocycles. The number of carbonyl (C=O) groups excluding carboxylic acids is 2. The molecule has 4 aliphatic rings. The highest BCUT2D eigenvalue weighted by Crippen LogP contribution is 2.73. The lowest BCUT2D eigenvalue weighted by molar-refractivity contribution is -0.174.